The van der Waals surface area contributed by atoms with Gasteiger partial charge in [-0.1, -0.05) is 11.6 Å². The third-order valence-corrected chi connectivity index (χ3v) is 2.30. The maximum absolute atomic E-state index is 5.84. The highest BCUT2D eigenvalue weighted by atomic mass is 35.5. The molecule has 2 aromatic heterocycles. The first-order chi connectivity index (χ1) is 6.58. The van der Waals surface area contributed by atoms with Crippen molar-refractivity contribution < 1.29 is 0 Å². The quantitative estimate of drug-likeness (QED) is 0.676. The number of nitrogens with two attached hydrogens (primary N) is 1. The molecule has 0 aliphatic heterocycles. The van der Waals surface area contributed by atoms with E-state index < -0.39 is 0 Å². The Kier molecular flexibility index (Phi) is 2.04. The smallest absolute Gasteiger partial charge is 0.163 e. The van der Waals surface area contributed by atoms with E-state index in [0.717, 1.165) is 16.6 Å². The number of nitrogen functional groups attached to an aromatic ring is 1. The molecule has 2 N–H and O–H groups in total. The number of aryl methyl sites for hydroxylation is 2. The van der Waals surface area contributed by atoms with E-state index in [2.05, 4.69) is 9.97 Å². The van der Waals surface area contributed by atoms with Crippen molar-refractivity contribution in [3.8, 4) is 0 Å². The lowest BCUT2D eigenvalue weighted by Gasteiger charge is -2.05. The number of anilines is 1. The number of fused-ring (bicyclic) bond motifs is 1. The minimum Gasteiger partial charge on any atom is -0.398 e. The van der Waals surface area contributed by atoms with Crippen LogP contribution in [0.15, 0.2) is 12.1 Å². The first kappa shape index (κ1) is 9.21. The number of nitrogens with zero attached hydrogens (tertiary/aromatic N) is 2. The Labute approximate surface area is 86.9 Å². The molecule has 0 aromatic carbocycles. The second-order valence-corrected chi connectivity index (χ2v) is 3.70. The molecule has 0 bridgehead atoms. The van der Waals surface area contributed by atoms with E-state index in [1.165, 1.54) is 0 Å². The highest BCUT2D eigenvalue weighted by Gasteiger charge is 2.06. The van der Waals surface area contributed by atoms with Crippen LogP contribution in [0.25, 0.3) is 11.0 Å². The van der Waals surface area contributed by atoms with E-state index >= 15 is 0 Å². The Morgan fingerprint density at radius 1 is 1.21 bits per heavy atom. The van der Waals surface area contributed by atoms with E-state index in [-0.39, 0.29) is 0 Å². The summed E-state index contributed by atoms with van der Waals surface area (Å²) in [6, 6.07) is 3.63. The summed E-state index contributed by atoms with van der Waals surface area (Å²) < 4.78 is 0. The van der Waals surface area contributed by atoms with Crippen molar-refractivity contribution in [1.82, 2.24) is 9.97 Å². The zero-order valence-electron chi connectivity index (χ0n) is 8.00. The van der Waals surface area contributed by atoms with Crippen molar-refractivity contribution >= 4 is 28.3 Å². The molecule has 0 spiro atoms. The number of hydrogen-bond donors (Lipinski definition) is 1. The molecule has 0 fully saturated rings. The van der Waals surface area contributed by atoms with Gasteiger partial charge in [0, 0.05) is 16.8 Å². The molecule has 3 nitrogen and oxygen atoms in total. The summed E-state index contributed by atoms with van der Waals surface area (Å²) >= 11 is 5.80. The Balaban J connectivity index is 2.94. The molecule has 0 amide bonds. The summed E-state index contributed by atoms with van der Waals surface area (Å²) in [4.78, 5) is 8.42. The molecule has 0 aliphatic carbocycles. The van der Waals surface area contributed by atoms with Gasteiger partial charge in [-0.05, 0) is 31.5 Å². The first-order valence-corrected chi connectivity index (χ1v) is 4.65. The lowest BCUT2D eigenvalue weighted by atomic mass is 10.1. The fourth-order valence-electron chi connectivity index (χ4n) is 1.59. The van der Waals surface area contributed by atoms with Crippen molar-refractivity contribution in [2.45, 2.75) is 13.8 Å². The molecule has 14 heavy (non-hydrogen) atoms. The van der Waals surface area contributed by atoms with Crippen LogP contribution in [-0.2, 0) is 0 Å². The average molecular weight is 208 g/mol. The highest BCUT2D eigenvalue weighted by molar-refractivity contribution is 6.30. The molecule has 72 valence electrons. The van der Waals surface area contributed by atoms with E-state index in [1.807, 2.05) is 19.9 Å². The molecule has 0 saturated heterocycles. The van der Waals surface area contributed by atoms with Crippen molar-refractivity contribution in [1.29, 1.82) is 0 Å². The number of halogens is 1. The van der Waals surface area contributed by atoms with Crippen LogP contribution < -0.4 is 5.73 Å². The van der Waals surface area contributed by atoms with Crippen LogP contribution in [0.1, 0.15) is 11.3 Å². The van der Waals surface area contributed by atoms with Gasteiger partial charge in [-0.3, -0.25) is 0 Å². The van der Waals surface area contributed by atoms with E-state index in [0.29, 0.717) is 16.5 Å². The van der Waals surface area contributed by atoms with E-state index in [4.69, 9.17) is 17.3 Å². The van der Waals surface area contributed by atoms with Crippen LogP contribution in [0.5, 0.6) is 0 Å². The maximum atomic E-state index is 5.84. The van der Waals surface area contributed by atoms with Crippen LogP contribution in [0.4, 0.5) is 5.69 Å². The largest absolute Gasteiger partial charge is 0.398 e. The molecular formula is C10H10ClN3. The molecule has 2 heterocycles. The zero-order valence-corrected chi connectivity index (χ0v) is 8.76. The lowest BCUT2D eigenvalue weighted by molar-refractivity contribution is 1.19. The summed E-state index contributed by atoms with van der Waals surface area (Å²) in [7, 11) is 0. The standard InChI is InChI=1S/C10H10ClN3/c1-5-3-6(2)13-10-9(5)7(12)4-8(11)14-10/h3-4H,1-2H3,(H2,12,13,14). The molecule has 2 rings (SSSR count). The fraction of sp³-hybridized carbons (Fsp3) is 0.200. The van der Waals surface area contributed by atoms with Crippen LogP contribution in [0.3, 0.4) is 0 Å². The van der Waals surface area contributed by atoms with Crippen LogP contribution in [0.2, 0.25) is 5.15 Å². The Morgan fingerprint density at radius 2 is 1.93 bits per heavy atom. The van der Waals surface area contributed by atoms with Gasteiger partial charge in [-0.15, -0.1) is 0 Å². The monoisotopic (exact) mass is 207 g/mol. The average Bonchev–Trinajstić information content (AvgIpc) is 1.99. The van der Waals surface area contributed by atoms with Gasteiger partial charge in [0.05, 0.1) is 0 Å². The lowest BCUT2D eigenvalue weighted by Crippen LogP contribution is -1.96. The highest BCUT2D eigenvalue weighted by Crippen LogP contribution is 2.24. The van der Waals surface area contributed by atoms with Crippen LogP contribution in [-0.4, -0.2) is 9.97 Å². The minimum atomic E-state index is 0.382. The van der Waals surface area contributed by atoms with Crippen LogP contribution in [0, 0.1) is 13.8 Å². The van der Waals surface area contributed by atoms with Crippen molar-refractivity contribution in [2.24, 2.45) is 0 Å². The van der Waals surface area contributed by atoms with Gasteiger partial charge >= 0.3 is 0 Å². The van der Waals surface area contributed by atoms with Gasteiger partial charge in [0.2, 0.25) is 0 Å². The van der Waals surface area contributed by atoms with Gasteiger partial charge in [0.25, 0.3) is 0 Å². The third kappa shape index (κ3) is 1.40. The summed E-state index contributed by atoms with van der Waals surface area (Å²) in [5.74, 6) is 0. The number of rotatable bonds is 0. The normalized spacial score (nSPS) is 10.8. The van der Waals surface area contributed by atoms with Gasteiger partial charge < -0.3 is 5.73 Å². The number of pyridine rings is 2. The predicted molar refractivity (Wildman–Crippen MR) is 58.4 cm³/mol. The molecule has 4 heteroatoms. The Hall–Kier alpha value is -1.35. The summed E-state index contributed by atoms with van der Waals surface area (Å²) in [6.45, 7) is 3.91. The second-order valence-electron chi connectivity index (χ2n) is 3.31. The SMILES string of the molecule is Cc1cc(C)c2c(N)cc(Cl)nc2n1. The molecule has 0 unspecified atom stereocenters. The molecule has 0 saturated carbocycles. The first-order valence-electron chi connectivity index (χ1n) is 4.28. The molecule has 0 aliphatic rings. The third-order valence-electron chi connectivity index (χ3n) is 2.10. The second kappa shape index (κ2) is 3.10. The van der Waals surface area contributed by atoms with E-state index in [1.54, 1.807) is 6.07 Å². The molecule has 0 atom stereocenters. The fourth-order valence-corrected chi connectivity index (χ4v) is 1.79. The zero-order chi connectivity index (χ0) is 10.3. The van der Waals surface area contributed by atoms with Crippen molar-refractivity contribution in [3.05, 3.63) is 28.5 Å². The molecule has 0 radical (unpaired) electrons. The van der Waals surface area contributed by atoms with Gasteiger partial charge in [0.15, 0.2) is 5.65 Å². The molecular weight excluding hydrogens is 198 g/mol. The maximum Gasteiger partial charge on any atom is 0.163 e. The number of aromatic nitrogens is 2. The van der Waals surface area contributed by atoms with Crippen molar-refractivity contribution in [3.63, 3.8) is 0 Å². The summed E-state index contributed by atoms with van der Waals surface area (Å²) in [5.41, 5.74) is 9.09. The molecule has 2 aromatic rings. The van der Waals surface area contributed by atoms with Gasteiger partial charge in [-0.2, -0.15) is 0 Å². The van der Waals surface area contributed by atoms with Gasteiger partial charge in [-0.25, -0.2) is 9.97 Å². The Morgan fingerprint density at radius 3 is 2.64 bits per heavy atom. The van der Waals surface area contributed by atoms with E-state index in [9.17, 15) is 0 Å². The number of hydrogen-bond acceptors (Lipinski definition) is 3. The minimum absolute atomic E-state index is 0.382. The van der Waals surface area contributed by atoms with Gasteiger partial charge in [0.1, 0.15) is 5.15 Å². The van der Waals surface area contributed by atoms with Crippen molar-refractivity contribution in [2.75, 3.05) is 5.73 Å². The van der Waals surface area contributed by atoms with Crippen LogP contribution >= 0.6 is 11.6 Å². The summed E-state index contributed by atoms with van der Waals surface area (Å²) in [6.07, 6.45) is 0. The summed E-state index contributed by atoms with van der Waals surface area (Å²) in [5, 5.41) is 1.27. The topological polar surface area (TPSA) is 51.8 Å². The predicted octanol–water partition coefficient (Wildman–Crippen LogP) is 2.48. The Bertz CT molecular complexity index is 465.